The lowest BCUT2D eigenvalue weighted by Crippen LogP contribution is -2.14. The average molecular weight is 331 g/mol. The van der Waals surface area contributed by atoms with Crippen molar-refractivity contribution in [2.45, 2.75) is 13.5 Å². The molecule has 0 spiro atoms. The zero-order valence-electron chi connectivity index (χ0n) is 14.1. The maximum Gasteiger partial charge on any atom is 0.255 e. The summed E-state index contributed by atoms with van der Waals surface area (Å²) in [6, 6.07) is 23.0. The normalized spacial score (nSPS) is 10.3. The third-order valence-corrected chi connectivity index (χ3v) is 3.90. The first-order chi connectivity index (χ1) is 12.1. The maximum absolute atomic E-state index is 12.5. The van der Waals surface area contributed by atoms with E-state index in [0.29, 0.717) is 17.8 Å². The Morgan fingerprint density at radius 3 is 2.48 bits per heavy atom. The first-order valence-electron chi connectivity index (χ1n) is 8.17. The number of nitrogen functional groups attached to an aromatic ring is 1. The number of hydrogen-bond donors (Lipinski definition) is 3. The monoisotopic (exact) mass is 331 g/mol. The van der Waals surface area contributed by atoms with Crippen molar-refractivity contribution in [1.82, 2.24) is 0 Å². The highest BCUT2D eigenvalue weighted by Gasteiger charge is 2.10. The topological polar surface area (TPSA) is 67.1 Å². The molecule has 0 saturated heterocycles. The quantitative estimate of drug-likeness (QED) is 0.605. The highest BCUT2D eigenvalue weighted by Crippen LogP contribution is 2.24. The number of nitrogens with one attached hydrogen (secondary N) is 2. The van der Waals surface area contributed by atoms with Crippen molar-refractivity contribution >= 4 is 23.0 Å². The number of carbonyl (C=O) groups excluding carboxylic acids is 1. The Bertz CT molecular complexity index is 875. The van der Waals surface area contributed by atoms with Crippen molar-refractivity contribution in [2.75, 3.05) is 16.4 Å². The van der Waals surface area contributed by atoms with Crippen molar-refractivity contribution in [3.63, 3.8) is 0 Å². The number of rotatable bonds is 5. The Morgan fingerprint density at radius 1 is 0.920 bits per heavy atom. The van der Waals surface area contributed by atoms with Crippen LogP contribution in [0, 0.1) is 6.92 Å². The molecule has 0 unspecified atom stereocenters. The molecule has 3 rings (SSSR count). The highest BCUT2D eigenvalue weighted by atomic mass is 16.1. The number of carbonyl (C=O) groups is 1. The van der Waals surface area contributed by atoms with Gasteiger partial charge in [0.1, 0.15) is 0 Å². The Labute approximate surface area is 147 Å². The molecule has 0 aliphatic carbocycles. The molecular weight excluding hydrogens is 310 g/mol. The molecule has 0 aliphatic heterocycles. The fourth-order valence-electron chi connectivity index (χ4n) is 2.58. The Morgan fingerprint density at radius 2 is 1.72 bits per heavy atom. The summed E-state index contributed by atoms with van der Waals surface area (Å²) < 4.78 is 0. The molecule has 1 amide bonds. The van der Waals surface area contributed by atoms with Crippen LogP contribution in [-0.2, 0) is 6.54 Å². The molecule has 0 heterocycles. The smallest absolute Gasteiger partial charge is 0.255 e. The molecule has 126 valence electrons. The second-order valence-corrected chi connectivity index (χ2v) is 5.97. The zero-order chi connectivity index (χ0) is 17.6. The van der Waals surface area contributed by atoms with E-state index >= 15 is 0 Å². The second-order valence-electron chi connectivity index (χ2n) is 5.97. The van der Waals surface area contributed by atoms with E-state index < -0.39 is 0 Å². The van der Waals surface area contributed by atoms with Crippen LogP contribution in [0.4, 0.5) is 17.1 Å². The van der Waals surface area contributed by atoms with E-state index in [4.69, 9.17) is 5.73 Å². The largest absolute Gasteiger partial charge is 0.399 e. The predicted molar refractivity (Wildman–Crippen MR) is 104 cm³/mol. The fourth-order valence-corrected chi connectivity index (χ4v) is 2.58. The van der Waals surface area contributed by atoms with E-state index in [9.17, 15) is 4.79 Å². The lowest BCUT2D eigenvalue weighted by Gasteiger charge is -2.14. The summed E-state index contributed by atoms with van der Waals surface area (Å²) in [4.78, 5) is 12.5. The van der Waals surface area contributed by atoms with Gasteiger partial charge in [0.05, 0.1) is 11.4 Å². The summed E-state index contributed by atoms with van der Waals surface area (Å²) in [6.07, 6.45) is 0. The minimum atomic E-state index is -0.180. The van der Waals surface area contributed by atoms with Gasteiger partial charge < -0.3 is 16.4 Å². The number of nitrogens with two attached hydrogens (primary N) is 1. The second kappa shape index (κ2) is 7.53. The van der Waals surface area contributed by atoms with Crippen LogP contribution in [-0.4, -0.2) is 5.91 Å². The lowest BCUT2D eigenvalue weighted by atomic mass is 10.1. The molecule has 0 aromatic heterocycles. The van der Waals surface area contributed by atoms with Crippen LogP contribution >= 0.6 is 0 Å². The number of hydrogen-bond acceptors (Lipinski definition) is 3. The van der Waals surface area contributed by atoms with Crippen LogP contribution in [0.3, 0.4) is 0 Å². The Balaban J connectivity index is 1.78. The first-order valence-corrected chi connectivity index (χ1v) is 8.17. The van der Waals surface area contributed by atoms with E-state index in [1.54, 1.807) is 24.3 Å². The summed E-state index contributed by atoms with van der Waals surface area (Å²) in [5.74, 6) is -0.180. The molecule has 25 heavy (non-hydrogen) atoms. The summed E-state index contributed by atoms with van der Waals surface area (Å²) >= 11 is 0. The molecule has 4 nitrogen and oxygen atoms in total. The fraction of sp³-hybridized carbons (Fsp3) is 0.0952. The van der Waals surface area contributed by atoms with Gasteiger partial charge in [-0.1, -0.05) is 42.5 Å². The zero-order valence-corrected chi connectivity index (χ0v) is 14.1. The Kier molecular flexibility index (Phi) is 5.00. The summed E-state index contributed by atoms with van der Waals surface area (Å²) in [7, 11) is 0. The average Bonchev–Trinajstić information content (AvgIpc) is 2.62. The third-order valence-electron chi connectivity index (χ3n) is 3.90. The maximum atomic E-state index is 12.5. The van der Waals surface area contributed by atoms with Gasteiger partial charge in [-0.3, -0.25) is 4.79 Å². The van der Waals surface area contributed by atoms with E-state index in [1.165, 1.54) is 5.56 Å². The highest BCUT2D eigenvalue weighted by molar-refractivity contribution is 6.06. The van der Waals surface area contributed by atoms with Crippen LogP contribution in [0.2, 0.25) is 0 Å². The minimum absolute atomic E-state index is 0.180. The van der Waals surface area contributed by atoms with Crippen molar-refractivity contribution in [3.8, 4) is 0 Å². The van der Waals surface area contributed by atoms with Gasteiger partial charge in [-0.15, -0.1) is 0 Å². The number of benzene rings is 3. The van der Waals surface area contributed by atoms with E-state index in [0.717, 1.165) is 16.9 Å². The van der Waals surface area contributed by atoms with Gasteiger partial charge in [-0.05, 0) is 48.4 Å². The molecule has 4 N–H and O–H groups in total. The molecule has 0 fully saturated rings. The molecule has 0 aliphatic rings. The molecule has 3 aromatic rings. The van der Waals surface area contributed by atoms with Gasteiger partial charge in [0.25, 0.3) is 5.91 Å². The van der Waals surface area contributed by atoms with Crippen molar-refractivity contribution in [2.24, 2.45) is 0 Å². The van der Waals surface area contributed by atoms with E-state index in [2.05, 4.69) is 22.8 Å². The van der Waals surface area contributed by atoms with Crippen molar-refractivity contribution in [1.29, 1.82) is 0 Å². The van der Waals surface area contributed by atoms with Crippen LogP contribution < -0.4 is 16.4 Å². The third kappa shape index (κ3) is 4.38. The molecule has 0 atom stereocenters. The van der Waals surface area contributed by atoms with Gasteiger partial charge in [0.15, 0.2) is 0 Å². The van der Waals surface area contributed by atoms with Crippen molar-refractivity contribution < 1.29 is 4.79 Å². The minimum Gasteiger partial charge on any atom is -0.399 e. The van der Waals surface area contributed by atoms with E-state index in [1.807, 2.05) is 43.3 Å². The summed E-state index contributed by atoms with van der Waals surface area (Å²) in [6.45, 7) is 2.68. The standard InChI is InChI=1S/C21H21N3O/c1-15-10-11-19(23-14-16-6-3-2-4-7-16)20(12-15)24-21(25)17-8-5-9-18(22)13-17/h2-13,23H,14,22H2,1H3,(H,24,25). The molecule has 0 radical (unpaired) electrons. The molecule has 0 saturated carbocycles. The van der Waals surface area contributed by atoms with Crippen molar-refractivity contribution in [3.05, 3.63) is 89.5 Å². The van der Waals surface area contributed by atoms with Gasteiger partial charge in [0, 0.05) is 17.8 Å². The SMILES string of the molecule is Cc1ccc(NCc2ccccc2)c(NC(=O)c2cccc(N)c2)c1. The van der Waals surface area contributed by atoms with Crippen LogP contribution in [0.1, 0.15) is 21.5 Å². The van der Waals surface area contributed by atoms with Crippen LogP contribution in [0.5, 0.6) is 0 Å². The van der Waals surface area contributed by atoms with Gasteiger partial charge in [-0.2, -0.15) is 0 Å². The van der Waals surface area contributed by atoms with Gasteiger partial charge >= 0.3 is 0 Å². The predicted octanol–water partition coefficient (Wildman–Crippen LogP) is 4.44. The van der Waals surface area contributed by atoms with E-state index in [-0.39, 0.29) is 5.91 Å². The van der Waals surface area contributed by atoms with Gasteiger partial charge in [-0.25, -0.2) is 0 Å². The molecular formula is C21H21N3O. The summed E-state index contributed by atoms with van der Waals surface area (Å²) in [5.41, 5.74) is 10.8. The number of anilines is 3. The van der Waals surface area contributed by atoms with Crippen LogP contribution in [0.15, 0.2) is 72.8 Å². The molecule has 0 bridgehead atoms. The first kappa shape index (κ1) is 16.6. The lowest BCUT2D eigenvalue weighted by molar-refractivity contribution is 0.102. The molecule has 4 heteroatoms. The number of aryl methyl sites for hydroxylation is 1. The number of amides is 1. The summed E-state index contributed by atoms with van der Waals surface area (Å²) in [5, 5.41) is 6.36. The van der Waals surface area contributed by atoms with Gasteiger partial charge in [0.2, 0.25) is 0 Å². The van der Waals surface area contributed by atoms with Crippen LogP contribution in [0.25, 0.3) is 0 Å². The Hall–Kier alpha value is -3.27. The molecule has 3 aromatic carbocycles.